The molecule has 0 fully saturated rings. The van der Waals surface area contributed by atoms with E-state index in [1.54, 1.807) is 10.9 Å². The lowest BCUT2D eigenvalue weighted by Gasteiger charge is -2.01. The predicted octanol–water partition coefficient (Wildman–Crippen LogP) is 1.88. The Balaban J connectivity index is 2.27. The molecule has 1 heterocycles. The third kappa shape index (κ3) is 2.59. The van der Waals surface area contributed by atoms with Crippen LogP contribution in [0.25, 0.3) is 5.69 Å². The van der Waals surface area contributed by atoms with E-state index in [0.29, 0.717) is 4.77 Å². The van der Waals surface area contributed by atoms with E-state index in [-0.39, 0.29) is 13.0 Å². The number of aryl methyl sites for hydroxylation is 1. The molecule has 1 aromatic carbocycles. The van der Waals surface area contributed by atoms with Crippen molar-refractivity contribution in [2.75, 3.05) is 0 Å². The molecule has 5 nitrogen and oxygen atoms in total. The quantitative estimate of drug-likeness (QED) is 0.840. The van der Waals surface area contributed by atoms with Crippen LogP contribution in [0.2, 0.25) is 0 Å². The number of hydrogen-bond donors (Lipinski definition) is 1. The van der Waals surface area contributed by atoms with Crippen LogP contribution >= 0.6 is 12.2 Å². The first-order chi connectivity index (χ1) is 8.18. The second-order valence-electron chi connectivity index (χ2n) is 3.49. The van der Waals surface area contributed by atoms with Crippen molar-refractivity contribution in [1.82, 2.24) is 14.3 Å². The molecule has 0 spiro atoms. The van der Waals surface area contributed by atoms with Gasteiger partial charge in [0, 0.05) is 5.69 Å². The standard InChI is InChI=1S/C11H11N3O2S/c15-10(16)6-7-14-11(17)13(8-12-14)9-4-2-1-3-5-9/h1-5,8H,6-7H2,(H,15,16). The van der Waals surface area contributed by atoms with Gasteiger partial charge in [0.15, 0.2) is 0 Å². The van der Waals surface area contributed by atoms with Crippen LogP contribution < -0.4 is 0 Å². The van der Waals surface area contributed by atoms with E-state index in [4.69, 9.17) is 17.3 Å². The minimum atomic E-state index is -0.860. The van der Waals surface area contributed by atoms with E-state index in [1.165, 1.54) is 4.68 Å². The number of hydrogen-bond acceptors (Lipinski definition) is 3. The third-order valence-corrected chi connectivity index (χ3v) is 2.71. The number of para-hydroxylation sites is 1. The maximum Gasteiger partial charge on any atom is 0.305 e. The van der Waals surface area contributed by atoms with Gasteiger partial charge in [-0.1, -0.05) is 18.2 Å². The number of aliphatic carboxylic acids is 1. The van der Waals surface area contributed by atoms with Gasteiger partial charge in [0.25, 0.3) is 0 Å². The summed E-state index contributed by atoms with van der Waals surface area (Å²) in [6.07, 6.45) is 1.61. The van der Waals surface area contributed by atoms with Crippen LogP contribution in [0.4, 0.5) is 0 Å². The molecular weight excluding hydrogens is 238 g/mol. The highest BCUT2D eigenvalue weighted by Gasteiger charge is 2.04. The van der Waals surface area contributed by atoms with Gasteiger partial charge in [-0.25, -0.2) is 4.68 Å². The molecule has 0 saturated carbocycles. The zero-order valence-electron chi connectivity index (χ0n) is 8.98. The topological polar surface area (TPSA) is 60.0 Å². The summed E-state index contributed by atoms with van der Waals surface area (Å²) in [5, 5.41) is 12.7. The van der Waals surface area contributed by atoms with Crippen molar-refractivity contribution < 1.29 is 9.90 Å². The second kappa shape index (κ2) is 4.92. The summed E-state index contributed by atoms with van der Waals surface area (Å²) in [4.78, 5) is 10.5. The molecule has 6 heteroatoms. The Bertz CT molecular complexity index is 574. The Morgan fingerprint density at radius 3 is 2.71 bits per heavy atom. The number of carbonyl (C=O) groups is 1. The lowest BCUT2D eigenvalue weighted by Crippen LogP contribution is -2.06. The van der Waals surface area contributed by atoms with Crippen LogP contribution in [0.15, 0.2) is 36.7 Å². The minimum Gasteiger partial charge on any atom is -0.481 e. The molecule has 0 atom stereocenters. The Morgan fingerprint density at radius 1 is 1.35 bits per heavy atom. The zero-order valence-corrected chi connectivity index (χ0v) is 9.80. The number of carboxylic acid groups (broad SMARTS) is 1. The number of carboxylic acids is 1. The summed E-state index contributed by atoms with van der Waals surface area (Å²) in [5.41, 5.74) is 0.916. The van der Waals surface area contributed by atoms with Gasteiger partial charge in [-0.2, -0.15) is 5.10 Å². The lowest BCUT2D eigenvalue weighted by molar-refractivity contribution is -0.137. The molecule has 0 unspecified atom stereocenters. The van der Waals surface area contributed by atoms with Gasteiger partial charge in [0.1, 0.15) is 6.33 Å². The molecule has 0 aliphatic rings. The van der Waals surface area contributed by atoms with Gasteiger partial charge in [0.2, 0.25) is 4.77 Å². The molecule has 2 rings (SSSR count). The van der Waals surface area contributed by atoms with Crippen molar-refractivity contribution in [3.63, 3.8) is 0 Å². The number of rotatable bonds is 4. The van der Waals surface area contributed by atoms with E-state index in [2.05, 4.69) is 5.10 Å². The monoisotopic (exact) mass is 249 g/mol. The van der Waals surface area contributed by atoms with Crippen molar-refractivity contribution >= 4 is 18.2 Å². The fourth-order valence-electron chi connectivity index (χ4n) is 1.46. The summed E-state index contributed by atoms with van der Waals surface area (Å²) in [6, 6.07) is 9.57. The first-order valence-corrected chi connectivity index (χ1v) is 5.51. The summed E-state index contributed by atoms with van der Waals surface area (Å²) < 4.78 is 3.76. The SMILES string of the molecule is O=C(O)CCn1ncn(-c2ccccc2)c1=S. The summed E-state index contributed by atoms with van der Waals surface area (Å²) in [7, 11) is 0. The Hall–Kier alpha value is -1.95. The van der Waals surface area contributed by atoms with E-state index in [9.17, 15) is 4.79 Å². The first-order valence-electron chi connectivity index (χ1n) is 5.10. The Kier molecular flexibility index (Phi) is 3.34. The molecule has 17 heavy (non-hydrogen) atoms. The van der Waals surface area contributed by atoms with Crippen LogP contribution in [-0.2, 0) is 11.3 Å². The molecule has 2 aromatic rings. The largest absolute Gasteiger partial charge is 0.481 e. The molecule has 88 valence electrons. The first kappa shape index (κ1) is 11.5. The second-order valence-corrected chi connectivity index (χ2v) is 3.85. The minimum absolute atomic E-state index is 0.0140. The molecule has 1 aromatic heterocycles. The van der Waals surface area contributed by atoms with Crippen molar-refractivity contribution in [1.29, 1.82) is 0 Å². The van der Waals surface area contributed by atoms with Crippen molar-refractivity contribution in [2.24, 2.45) is 0 Å². The Morgan fingerprint density at radius 2 is 2.06 bits per heavy atom. The van der Waals surface area contributed by atoms with E-state index in [0.717, 1.165) is 5.69 Å². The fraction of sp³-hybridized carbons (Fsp3) is 0.182. The summed E-state index contributed by atoms with van der Waals surface area (Å²) in [5.74, 6) is -0.860. The highest BCUT2D eigenvalue weighted by Crippen LogP contribution is 2.07. The van der Waals surface area contributed by atoms with Crippen LogP contribution in [-0.4, -0.2) is 25.4 Å². The summed E-state index contributed by atoms with van der Waals surface area (Å²) >= 11 is 5.23. The third-order valence-electron chi connectivity index (χ3n) is 2.31. The van der Waals surface area contributed by atoms with Gasteiger partial charge in [0.05, 0.1) is 13.0 Å². The zero-order chi connectivity index (χ0) is 12.3. The maximum atomic E-state index is 10.5. The van der Waals surface area contributed by atoms with Crippen LogP contribution in [0.3, 0.4) is 0 Å². The van der Waals surface area contributed by atoms with Gasteiger partial charge >= 0.3 is 5.97 Å². The molecule has 0 aliphatic heterocycles. The van der Waals surface area contributed by atoms with Gasteiger partial charge in [-0.3, -0.25) is 9.36 Å². The molecular formula is C11H11N3O2S. The van der Waals surface area contributed by atoms with E-state index < -0.39 is 5.97 Å². The number of aromatic nitrogens is 3. The Labute approximate surface area is 103 Å². The van der Waals surface area contributed by atoms with Crippen molar-refractivity contribution in [3.05, 3.63) is 41.4 Å². The molecule has 0 saturated heterocycles. The van der Waals surface area contributed by atoms with Crippen molar-refractivity contribution in [2.45, 2.75) is 13.0 Å². The van der Waals surface area contributed by atoms with Crippen LogP contribution in [0.5, 0.6) is 0 Å². The normalized spacial score (nSPS) is 10.4. The van der Waals surface area contributed by atoms with Crippen molar-refractivity contribution in [3.8, 4) is 5.69 Å². The molecule has 0 aliphatic carbocycles. The highest BCUT2D eigenvalue weighted by molar-refractivity contribution is 7.71. The van der Waals surface area contributed by atoms with Gasteiger partial charge in [-0.15, -0.1) is 0 Å². The molecule has 0 radical (unpaired) electrons. The average molecular weight is 249 g/mol. The van der Waals surface area contributed by atoms with Gasteiger partial charge < -0.3 is 5.11 Å². The predicted molar refractivity (Wildman–Crippen MR) is 64.6 cm³/mol. The van der Waals surface area contributed by atoms with Gasteiger partial charge in [-0.05, 0) is 24.4 Å². The number of nitrogens with zero attached hydrogens (tertiary/aromatic N) is 3. The van der Waals surface area contributed by atoms with Crippen LogP contribution in [0.1, 0.15) is 6.42 Å². The highest BCUT2D eigenvalue weighted by atomic mass is 32.1. The smallest absolute Gasteiger partial charge is 0.305 e. The fourth-order valence-corrected chi connectivity index (χ4v) is 1.75. The van der Waals surface area contributed by atoms with E-state index >= 15 is 0 Å². The molecule has 1 N–H and O–H groups in total. The molecule has 0 amide bonds. The maximum absolute atomic E-state index is 10.5. The van der Waals surface area contributed by atoms with Crippen LogP contribution in [0, 0.1) is 4.77 Å². The lowest BCUT2D eigenvalue weighted by atomic mass is 10.3. The number of benzene rings is 1. The van der Waals surface area contributed by atoms with E-state index in [1.807, 2.05) is 30.3 Å². The average Bonchev–Trinajstić information content (AvgIpc) is 2.69. The summed E-state index contributed by atoms with van der Waals surface area (Å²) in [6.45, 7) is 0.286. The molecule has 0 bridgehead atoms.